The molecule has 2 heteroatoms. The number of aliphatic hydroxyl groups excluding tert-OH is 1. The molecule has 2 fully saturated rings. The van der Waals surface area contributed by atoms with Crippen molar-refractivity contribution >= 4 is 11.8 Å². The summed E-state index contributed by atoms with van der Waals surface area (Å²) in [6.07, 6.45) is 2.37. The van der Waals surface area contributed by atoms with Gasteiger partial charge in [-0.15, -0.1) is 0 Å². The third kappa shape index (κ3) is 0.500. The molecule has 0 amide bonds. The van der Waals surface area contributed by atoms with Gasteiger partial charge in [0, 0.05) is 10.5 Å². The number of thioether (sulfide) groups is 1. The molecular weight excluding hydrogens is 108 g/mol. The van der Waals surface area contributed by atoms with Gasteiger partial charge in [-0.05, 0) is 12.8 Å². The highest BCUT2D eigenvalue weighted by Gasteiger charge is 2.48. The van der Waals surface area contributed by atoms with Gasteiger partial charge in [0.05, 0.1) is 6.10 Å². The Morgan fingerprint density at radius 1 is 1.43 bits per heavy atom. The molecule has 0 spiro atoms. The zero-order valence-electron chi connectivity index (χ0n) is 4.00. The molecule has 1 saturated carbocycles. The predicted octanol–water partition coefficient (Wildman–Crippen LogP) is 0.625. The van der Waals surface area contributed by atoms with Crippen molar-refractivity contribution < 1.29 is 5.11 Å². The normalized spacial score (nSPS) is 57.0. The quantitative estimate of drug-likeness (QED) is 0.468. The molecule has 2 aliphatic rings. The minimum atomic E-state index is 0.0509. The number of hydrogen-bond acceptors (Lipinski definition) is 2. The summed E-state index contributed by atoms with van der Waals surface area (Å²) in [6, 6.07) is 0. The first kappa shape index (κ1) is 4.21. The van der Waals surface area contributed by atoms with Gasteiger partial charge in [-0.3, -0.25) is 0 Å². The van der Waals surface area contributed by atoms with E-state index in [1.54, 1.807) is 0 Å². The largest absolute Gasteiger partial charge is 0.392 e. The summed E-state index contributed by atoms with van der Waals surface area (Å²) in [4.78, 5) is 0. The molecule has 0 radical (unpaired) electrons. The molecule has 0 aromatic rings. The van der Waals surface area contributed by atoms with E-state index in [0.29, 0.717) is 5.25 Å². The first-order chi connectivity index (χ1) is 3.38. The van der Waals surface area contributed by atoms with Crippen LogP contribution in [0.4, 0.5) is 0 Å². The van der Waals surface area contributed by atoms with Crippen molar-refractivity contribution in [1.29, 1.82) is 0 Å². The Hall–Kier alpha value is 0.310. The maximum atomic E-state index is 9.02. The van der Waals surface area contributed by atoms with E-state index in [9.17, 15) is 0 Å². The Bertz CT molecular complexity index is 94.1. The van der Waals surface area contributed by atoms with Crippen LogP contribution in [-0.4, -0.2) is 21.7 Å². The fraction of sp³-hybridized carbons (Fsp3) is 1.00. The maximum Gasteiger partial charge on any atom is 0.0670 e. The third-order valence-electron chi connectivity index (χ3n) is 1.75. The lowest BCUT2D eigenvalue weighted by Crippen LogP contribution is -2.06. The Kier molecular flexibility index (Phi) is 0.707. The number of fused-ring (bicyclic) bond motifs is 1. The van der Waals surface area contributed by atoms with Crippen molar-refractivity contribution in [2.45, 2.75) is 29.4 Å². The standard InChI is InChI=1S/C5H8OS/c6-3-1-2-4-5(3)7-4/h3-6H,1-2H2/t3-,4+,5+/m1/s1. The van der Waals surface area contributed by atoms with E-state index in [2.05, 4.69) is 0 Å². The molecule has 2 rings (SSSR count). The van der Waals surface area contributed by atoms with Gasteiger partial charge < -0.3 is 5.11 Å². The van der Waals surface area contributed by atoms with Gasteiger partial charge in [0.25, 0.3) is 0 Å². The number of hydrogen-bond donors (Lipinski definition) is 1. The average Bonchev–Trinajstić information content (AvgIpc) is 2.33. The lowest BCUT2D eigenvalue weighted by molar-refractivity contribution is 0.192. The van der Waals surface area contributed by atoms with E-state index in [1.165, 1.54) is 6.42 Å². The molecule has 1 aliphatic carbocycles. The molecule has 0 aromatic heterocycles. The van der Waals surface area contributed by atoms with Crippen LogP contribution in [0.1, 0.15) is 12.8 Å². The van der Waals surface area contributed by atoms with Gasteiger partial charge in [0.15, 0.2) is 0 Å². The zero-order chi connectivity index (χ0) is 4.85. The summed E-state index contributed by atoms with van der Waals surface area (Å²) < 4.78 is 0. The SMILES string of the molecule is O[C@@H]1CC[C@@H]2S[C@@H]12. The van der Waals surface area contributed by atoms with Gasteiger partial charge in [-0.2, -0.15) is 11.8 Å². The molecule has 1 aliphatic heterocycles. The van der Waals surface area contributed by atoms with Crippen molar-refractivity contribution in [3.05, 3.63) is 0 Å². The van der Waals surface area contributed by atoms with E-state index in [0.717, 1.165) is 11.7 Å². The van der Waals surface area contributed by atoms with Gasteiger partial charge in [-0.25, -0.2) is 0 Å². The Morgan fingerprint density at radius 3 is 2.43 bits per heavy atom. The van der Waals surface area contributed by atoms with Gasteiger partial charge in [0.2, 0.25) is 0 Å². The predicted molar refractivity (Wildman–Crippen MR) is 30.4 cm³/mol. The van der Waals surface area contributed by atoms with Crippen molar-refractivity contribution in [3.63, 3.8) is 0 Å². The average molecular weight is 116 g/mol. The third-order valence-corrected chi connectivity index (χ3v) is 3.27. The van der Waals surface area contributed by atoms with E-state index < -0.39 is 0 Å². The van der Waals surface area contributed by atoms with Gasteiger partial charge in [0.1, 0.15) is 0 Å². The van der Waals surface area contributed by atoms with E-state index >= 15 is 0 Å². The van der Waals surface area contributed by atoms with Crippen LogP contribution < -0.4 is 0 Å². The van der Waals surface area contributed by atoms with E-state index in [-0.39, 0.29) is 6.10 Å². The van der Waals surface area contributed by atoms with Crippen LogP contribution in [0.5, 0.6) is 0 Å². The molecule has 1 nitrogen and oxygen atoms in total. The maximum absolute atomic E-state index is 9.02. The summed E-state index contributed by atoms with van der Waals surface area (Å²) in [5.41, 5.74) is 0. The lowest BCUT2D eigenvalue weighted by atomic mass is 10.3. The minimum Gasteiger partial charge on any atom is -0.392 e. The molecule has 0 aromatic carbocycles. The van der Waals surface area contributed by atoms with Crippen LogP contribution >= 0.6 is 11.8 Å². The molecule has 1 N–H and O–H groups in total. The van der Waals surface area contributed by atoms with Crippen molar-refractivity contribution in [3.8, 4) is 0 Å². The van der Waals surface area contributed by atoms with Crippen LogP contribution in [0.3, 0.4) is 0 Å². The fourth-order valence-electron chi connectivity index (χ4n) is 1.23. The molecule has 0 unspecified atom stereocenters. The van der Waals surface area contributed by atoms with Crippen LogP contribution in [0.2, 0.25) is 0 Å². The first-order valence-corrected chi connectivity index (χ1v) is 3.66. The summed E-state index contributed by atoms with van der Waals surface area (Å²) in [6.45, 7) is 0. The summed E-state index contributed by atoms with van der Waals surface area (Å²) in [7, 11) is 0. The molecule has 40 valence electrons. The lowest BCUT2D eigenvalue weighted by Gasteiger charge is -1.96. The second kappa shape index (κ2) is 1.17. The van der Waals surface area contributed by atoms with E-state index in [1.807, 2.05) is 11.8 Å². The van der Waals surface area contributed by atoms with Crippen LogP contribution in [-0.2, 0) is 0 Å². The monoisotopic (exact) mass is 116 g/mol. The van der Waals surface area contributed by atoms with Crippen LogP contribution in [0, 0.1) is 0 Å². The van der Waals surface area contributed by atoms with Gasteiger partial charge >= 0.3 is 0 Å². The molecule has 3 atom stereocenters. The van der Waals surface area contributed by atoms with Crippen LogP contribution in [0.15, 0.2) is 0 Å². The Labute approximate surface area is 47.1 Å². The van der Waals surface area contributed by atoms with Crippen molar-refractivity contribution in [2.75, 3.05) is 0 Å². The molecule has 0 bridgehead atoms. The minimum absolute atomic E-state index is 0.0509. The highest BCUT2D eigenvalue weighted by Crippen LogP contribution is 2.52. The number of aliphatic hydroxyl groups is 1. The van der Waals surface area contributed by atoms with Gasteiger partial charge in [-0.1, -0.05) is 0 Å². The first-order valence-electron chi connectivity index (χ1n) is 2.71. The smallest absolute Gasteiger partial charge is 0.0670 e. The summed E-state index contributed by atoms with van der Waals surface area (Å²) in [5, 5.41) is 10.5. The Morgan fingerprint density at radius 2 is 2.29 bits per heavy atom. The fourth-order valence-corrected chi connectivity index (χ4v) is 2.45. The second-order valence-electron chi connectivity index (χ2n) is 2.28. The molecule has 7 heavy (non-hydrogen) atoms. The summed E-state index contributed by atoms with van der Waals surface area (Å²) in [5.74, 6) is 0. The van der Waals surface area contributed by atoms with Crippen molar-refractivity contribution in [2.24, 2.45) is 0 Å². The van der Waals surface area contributed by atoms with E-state index in [4.69, 9.17) is 5.11 Å². The van der Waals surface area contributed by atoms with Crippen molar-refractivity contribution in [1.82, 2.24) is 0 Å². The zero-order valence-corrected chi connectivity index (χ0v) is 4.82. The molecular formula is C5H8OS. The summed E-state index contributed by atoms with van der Waals surface area (Å²) >= 11 is 1.94. The highest BCUT2D eigenvalue weighted by atomic mass is 32.2. The molecule has 1 saturated heterocycles. The second-order valence-corrected chi connectivity index (χ2v) is 3.71. The molecule has 1 heterocycles. The number of rotatable bonds is 0. The highest BCUT2D eigenvalue weighted by molar-refractivity contribution is 8.07. The Balaban J connectivity index is 2.08. The van der Waals surface area contributed by atoms with Crippen LogP contribution in [0.25, 0.3) is 0 Å². The topological polar surface area (TPSA) is 20.2 Å².